The highest BCUT2D eigenvalue weighted by molar-refractivity contribution is 6.13. The molecule has 2 rings (SSSR count). The number of unbranched alkanes of at least 4 members (excludes halogenated alkanes) is 1. The van der Waals surface area contributed by atoms with Crippen molar-refractivity contribution >= 4 is 17.5 Å². The van der Waals surface area contributed by atoms with Gasteiger partial charge >= 0.3 is 5.63 Å². The molecule has 2 aromatic rings. The molecule has 0 fully saturated rings. The van der Waals surface area contributed by atoms with Crippen molar-refractivity contribution in [2.24, 2.45) is 0 Å². The molecule has 2 amide bonds. The van der Waals surface area contributed by atoms with Crippen LogP contribution in [0, 0.1) is 0 Å². The molecule has 0 spiro atoms. The van der Waals surface area contributed by atoms with Crippen LogP contribution in [0.1, 0.15) is 33.1 Å². The molecule has 0 aliphatic heterocycles. The molecular weight excluding hydrogens is 296 g/mol. The first-order valence-electron chi connectivity index (χ1n) is 7.42. The van der Waals surface area contributed by atoms with Crippen molar-refractivity contribution in [3.63, 3.8) is 0 Å². The summed E-state index contributed by atoms with van der Waals surface area (Å²) in [7, 11) is 0. The third kappa shape index (κ3) is 3.91. The third-order valence-corrected chi connectivity index (χ3v) is 3.30. The minimum absolute atomic E-state index is 0.0637. The predicted octanol–water partition coefficient (Wildman–Crippen LogP) is 2.77. The van der Waals surface area contributed by atoms with Gasteiger partial charge in [-0.05, 0) is 30.7 Å². The van der Waals surface area contributed by atoms with Crippen LogP contribution in [0.15, 0.2) is 45.9 Å². The van der Waals surface area contributed by atoms with Crippen molar-refractivity contribution in [1.29, 1.82) is 0 Å². The highest BCUT2D eigenvalue weighted by Crippen LogP contribution is 2.20. The van der Waals surface area contributed by atoms with Crippen molar-refractivity contribution in [2.75, 3.05) is 4.90 Å². The Labute approximate surface area is 133 Å². The first-order valence-corrected chi connectivity index (χ1v) is 7.42. The van der Waals surface area contributed by atoms with Crippen molar-refractivity contribution in [2.45, 2.75) is 33.1 Å². The fourth-order valence-corrected chi connectivity index (χ4v) is 2.16. The molecule has 120 valence electrons. The fraction of sp³-hybridized carbons (Fsp3) is 0.294. The van der Waals surface area contributed by atoms with E-state index in [1.807, 2.05) is 6.92 Å². The molecular formula is C17H18N2O4. The van der Waals surface area contributed by atoms with Crippen LogP contribution >= 0.6 is 0 Å². The zero-order chi connectivity index (χ0) is 16.8. The summed E-state index contributed by atoms with van der Waals surface area (Å²) in [6, 6.07) is 6.45. The van der Waals surface area contributed by atoms with Crippen molar-refractivity contribution in [3.8, 4) is 11.3 Å². The Balaban J connectivity index is 2.36. The molecule has 0 N–H and O–H groups in total. The van der Waals surface area contributed by atoms with Crippen molar-refractivity contribution in [3.05, 3.63) is 47.1 Å². The Hall–Kier alpha value is -2.76. The number of hydrogen-bond donors (Lipinski definition) is 0. The van der Waals surface area contributed by atoms with E-state index in [4.69, 9.17) is 4.42 Å². The fourth-order valence-electron chi connectivity index (χ4n) is 2.16. The van der Waals surface area contributed by atoms with Crippen LogP contribution in [-0.4, -0.2) is 16.8 Å². The Morgan fingerprint density at radius 2 is 2.04 bits per heavy atom. The SMILES string of the molecule is CCCCC(=O)N(C(C)=O)c1ccc(-c2cccnc2)oc1=O. The van der Waals surface area contributed by atoms with E-state index in [2.05, 4.69) is 4.98 Å². The maximum atomic E-state index is 12.2. The highest BCUT2D eigenvalue weighted by Gasteiger charge is 2.23. The van der Waals surface area contributed by atoms with Gasteiger partial charge in [-0.2, -0.15) is 0 Å². The summed E-state index contributed by atoms with van der Waals surface area (Å²) >= 11 is 0. The third-order valence-electron chi connectivity index (χ3n) is 3.30. The lowest BCUT2D eigenvalue weighted by atomic mass is 10.2. The molecule has 0 aromatic carbocycles. The Bertz CT molecular complexity index is 753. The van der Waals surface area contributed by atoms with Gasteiger partial charge in [0.25, 0.3) is 0 Å². The first kappa shape index (κ1) is 16.6. The van der Waals surface area contributed by atoms with Gasteiger partial charge in [-0.1, -0.05) is 13.3 Å². The number of nitrogens with zero attached hydrogens (tertiary/aromatic N) is 2. The zero-order valence-electron chi connectivity index (χ0n) is 13.1. The second-order valence-corrected chi connectivity index (χ2v) is 5.07. The molecule has 6 heteroatoms. The van der Waals surface area contributed by atoms with Gasteiger partial charge in [0.1, 0.15) is 11.4 Å². The highest BCUT2D eigenvalue weighted by atomic mass is 16.4. The lowest BCUT2D eigenvalue weighted by Gasteiger charge is -2.17. The van der Waals surface area contributed by atoms with E-state index in [1.54, 1.807) is 30.6 Å². The summed E-state index contributed by atoms with van der Waals surface area (Å²) in [5, 5.41) is 0. The van der Waals surface area contributed by atoms with Crippen LogP contribution in [0.5, 0.6) is 0 Å². The molecule has 2 heterocycles. The molecule has 0 unspecified atom stereocenters. The predicted molar refractivity (Wildman–Crippen MR) is 85.9 cm³/mol. The minimum atomic E-state index is -0.730. The number of rotatable bonds is 5. The zero-order valence-corrected chi connectivity index (χ0v) is 13.1. The topological polar surface area (TPSA) is 80.5 Å². The molecule has 0 saturated carbocycles. The van der Waals surface area contributed by atoms with Gasteiger partial charge in [-0.15, -0.1) is 0 Å². The minimum Gasteiger partial charge on any atom is -0.421 e. The summed E-state index contributed by atoms with van der Waals surface area (Å²) in [5.41, 5.74) is -0.152. The second-order valence-electron chi connectivity index (χ2n) is 5.07. The van der Waals surface area contributed by atoms with Crippen LogP contribution in [0.25, 0.3) is 11.3 Å². The number of anilines is 1. The van der Waals surface area contributed by atoms with Crippen LogP contribution < -0.4 is 10.5 Å². The van der Waals surface area contributed by atoms with E-state index in [1.165, 1.54) is 13.0 Å². The number of pyridine rings is 1. The van der Waals surface area contributed by atoms with E-state index in [0.29, 0.717) is 17.7 Å². The molecule has 6 nitrogen and oxygen atoms in total. The Morgan fingerprint density at radius 3 is 2.61 bits per heavy atom. The quantitative estimate of drug-likeness (QED) is 0.847. The summed E-state index contributed by atoms with van der Waals surface area (Å²) in [6.07, 6.45) is 4.86. The number of hydrogen-bond acceptors (Lipinski definition) is 5. The molecule has 2 aromatic heterocycles. The van der Waals surface area contributed by atoms with Gasteiger partial charge in [-0.3, -0.25) is 14.6 Å². The number of amides is 2. The van der Waals surface area contributed by atoms with Gasteiger partial charge in [0, 0.05) is 31.3 Å². The van der Waals surface area contributed by atoms with Gasteiger partial charge < -0.3 is 4.42 Å². The second kappa shape index (κ2) is 7.49. The van der Waals surface area contributed by atoms with Gasteiger partial charge in [0.05, 0.1) is 0 Å². The molecule has 0 saturated heterocycles. The van der Waals surface area contributed by atoms with Gasteiger partial charge in [0.2, 0.25) is 11.8 Å². The van der Waals surface area contributed by atoms with E-state index < -0.39 is 17.4 Å². The van der Waals surface area contributed by atoms with Crippen LogP contribution in [0.2, 0.25) is 0 Å². The van der Waals surface area contributed by atoms with Crippen molar-refractivity contribution in [1.82, 2.24) is 4.98 Å². The maximum absolute atomic E-state index is 12.2. The van der Waals surface area contributed by atoms with Gasteiger partial charge in [-0.25, -0.2) is 9.69 Å². The summed E-state index contributed by atoms with van der Waals surface area (Å²) < 4.78 is 5.24. The summed E-state index contributed by atoms with van der Waals surface area (Å²) in [4.78, 5) is 41.0. The average Bonchev–Trinajstić information content (AvgIpc) is 2.55. The van der Waals surface area contributed by atoms with E-state index in [9.17, 15) is 14.4 Å². The Kier molecular flexibility index (Phi) is 5.41. The number of imide groups is 1. The monoisotopic (exact) mass is 314 g/mol. The molecule has 0 aliphatic rings. The normalized spacial score (nSPS) is 10.3. The number of carbonyl (C=O) groups is 2. The summed E-state index contributed by atoms with van der Waals surface area (Å²) in [6.45, 7) is 3.20. The van der Waals surface area contributed by atoms with E-state index in [-0.39, 0.29) is 12.1 Å². The van der Waals surface area contributed by atoms with Crippen LogP contribution in [0.3, 0.4) is 0 Å². The molecule has 0 radical (unpaired) electrons. The first-order chi connectivity index (χ1) is 11.0. The van der Waals surface area contributed by atoms with Crippen LogP contribution in [-0.2, 0) is 9.59 Å². The van der Waals surface area contributed by atoms with E-state index >= 15 is 0 Å². The largest absolute Gasteiger partial charge is 0.421 e. The lowest BCUT2D eigenvalue weighted by Crippen LogP contribution is -2.38. The van der Waals surface area contributed by atoms with Crippen LogP contribution in [0.4, 0.5) is 5.69 Å². The Morgan fingerprint density at radius 1 is 1.26 bits per heavy atom. The van der Waals surface area contributed by atoms with Gasteiger partial charge in [0.15, 0.2) is 0 Å². The average molecular weight is 314 g/mol. The number of aromatic nitrogens is 1. The molecule has 23 heavy (non-hydrogen) atoms. The maximum Gasteiger partial charge on any atom is 0.360 e. The lowest BCUT2D eigenvalue weighted by molar-refractivity contribution is -0.125. The smallest absolute Gasteiger partial charge is 0.360 e. The molecule has 0 atom stereocenters. The van der Waals surface area contributed by atoms with E-state index in [0.717, 1.165) is 11.3 Å². The number of carbonyl (C=O) groups excluding carboxylic acids is 2. The molecule has 0 aliphatic carbocycles. The standard InChI is InChI=1S/C17H18N2O4/c1-3-4-7-16(21)19(12(2)20)14-8-9-15(23-17(14)22)13-6-5-10-18-11-13/h5-6,8-11H,3-4,7H2,1-2H3. The summed E-state index contributed by atoms with van der Waals surface area (Å²) in [5.74, 6) is -0.579. The van der Waals surface area contributed by atoms with Crippen molar-refractivity contribution < 1.29 is 14.0 Å². The molecule has 0 bridgehead atoms.